The van der Waals surface area contributed by atoms with Crippen molar-refractivity contribution in [1.82, 2.24) is 15.3 Å². The van der Waals surface area contributed by atoms with Crippen LogP contribution in [0, 0.1) is 18.6 Å². The van der Waals surface area contributed by atoms with Crippen LogP contribution < -0.4 is 15.5 Å². The molecule has 0 aliphatic heterocycles. The first-order valence-electron chi connectivity index (χ1n) is 7.98. The van der Waals surface area contributed by atoms with Gasteiger partial charge in [0.25, 0.3) is 5.91 Å². The highest BCUT2D eigenvalue weighted by Gasteiger charge is 2.13. The molecule has 0 radical (unpaired) electrons. The van der Waals surface area contributed by atoms with E-state index in [1.165, 1.54) is 24.5 Å². The SMILES string of the molecule is Cc1cc(=O)c(C(=O)NCc2cccnc2Oc2ccc(F)c(F)c2)c[nH]1. The Hall–Kier alpha value is -3.55. The molecule has 0 saturated heterocycles. The fourth-order valence-corrected chi connectivity index (χ4v) is 2.32. The van der Waals surface area contributed by atoms with Crippen molar-refractivity contribution >= 4 is 5.91 Å². The lowest BCUT2D eigenvalue weighted by Crippen LogP contribution is -2.28. The second-order valence-electron chi connectivity index (χ2n) is 5.72. The van der Waals surface area contributed by atoms with Crippen LogP contribution in [0.25, 0.3) is 0 Å². The number of nitrogens with one attached hydrogen (secondary N) is 2. The summed E-state index contributed by atoms with van der Waals surface area (Å²) in [6.45, 7) is 1.74. The molecule has 1 amide bonds. The molecule has 2 heterocycles. The molecule has 3 aromatic rings. The Balaban J connectivity index is 1.75. The third kappa shape index (κ3) is 4.35. The van der Waals surface area contributed by atoms with Crippen molar-refractivity contribution in [3.63, 3.8) is 0 Å². The quantitative estimate of drug-likeness (QED) is 0.722. The number of rotatable bonds is 5. The first-order chi connectivity index (χ1) is 12.9. The summed E-state index contributed by atoms with van der Waals surface area (Å²) in [5.41, 5.74) is 0.728. The molecule has 0 spiro atoms. The van der Waals surface area contributed by atoms with E-state index in [0.717, 1.165) is 12.1 Å². The molecular formula is C19H15F2N3O3. The molecule has 1 aromatic carbocycles. The Morgan fingerprint density at radius 3 is 2.78 bits per heavy atom. The van der Waals surface area contributed by atoms with Gasteiger partial charge in [0.2, 0.25) is 5.88 Å². The van der Waals surface area contributed by atoms with E-state index in [2.05, 4.69) is 15.3 Å². The van der Waals surface area contributed by atoms with Crippen LogP contribution in [0.3, 0.4) is 0 Å². The molecular weight excluding hydrogens is 356 g/mol. The molecule has 2 N–H and O–H groups in total. The number of pyridine rings is 2. The predicted octanol–water partition coefficient (Wildman–Crippen LogP) is 3.08. The maximum Gasteiger partial charge on any atom is 0.257 e. The van der Waals surface area contributed by atoms with Crippen LogP contribution in [0.5, 0.6) is 11.6 Å². The summed E-state index contributed by atoms with van der Waals surface area (Å²) in [4.78, 5) is 31.0. The summed E-state index contributed by atoms with van der Waals surface area (Å²) in [6, 6.07) is 7.73. The van der Waals surface area contributed by atoms with Gasteiger partial charge in [-0.1, -0.05) is 6.07 Å². The molecule has 0 aliphatic carbocycles. The van der Waals surface area contributed by atoms with E-state index in [1.807, 2.05) is 0 Å². The highest BCUT2D eigenvalue weighted by Crippen LogP contribution is 2.24. The van der Waals surface area contributed by atoms with Crippen LogP contribution in [-0.4, -0.2) is 15.9 Å². The highest BCUT2D eigenvalue weighted by atomic mass is 19.2. The third-order valence-corrected chi connectivity index (χ3v) is 3.70. The molecule has 0 bridgehead atoms. The topological polar surface area (TPSA) is 84.1 Å². The van der Waals surface area contributed by atoms with Gasteiger partial charge in [-0.2, -0.15) is 0 Å². The normalized spacial score (nSPS) is 10.5. The largest absolute Gasteiger partial charge is 0.439 e. The number of halogens is 2. The second-order valence-corrected chi connectivity index (χ2v) is 5.72. The highest BCUT2D eigenvalue weighted by molar-refractivity contribution is 5.93. The minimum Gasteiger partial charge on any atom is -0.439 e. The van der Waals surface area contributed by atoms with E-state index in [4.69, 9.17) is 4.74 Å². The zero-order chi connectivity index (χ0) is 19.4. The fourth-order valence-electron chi connectivity index (χ4n) is 2.32. The predicted molar refractivity (Wildman–Crippen MR) is 93.6 cm³/mol. The van der Waals surface area contributed by atoms with Crippen LogP contribution in [0.1, 0.15) is 21.6 Å². The minimum atomic E-state index is -1.04. The monoisotopic (exact) mass is 371 g/mol. The van der Waals surface area contributed by atoms with E-state index in [-0.39, 0.29) is 23.7 Å². The maximum absolute atomic E-state index is 13.3. The van der Waals surface area contributed by atoms with Crippen LogP contribution >= 0.6 is 0 Å². The molecule has 0 unspecified atom stereocenters. The molecule has 8 heteroatoms. The summed E-state index contributed by atoms with van der Waals surface area (Å²) in [7, 11) is 0. The van der Waals surface area contributed by atoms with Gasteiger partial charge in [0.05, 0.1) is 0 Å². The van der Waals surface area contributed by atoms with Gasteiger partial charge >= 0.3 is 0 Å². The lowest BCUT2D eigenvalue weighted by molar-refractivity contribution is 0.0949. The van der Waals surface area contributed by atoms with Gasteiger partial charge in [0.1, 0.15) is 11.3 Å². The Labute approximate surface area is 152 Å². The molecule has 6 nitrogen and oxygen atoms in total. The number of carbonyl (C=O) groups excluding carboxylic acids is 1. The number of ether oxygens (including phenoxy) is 1. The Morgan fingerprint density at radius 1 is 1.22 bits per heavy atom. The van der Waals surface area contributed by atoms with Crippen molar-refractivity contribution in [2.24, 2.45) is 0 Å². The summed E-state index contributed by atoms with van der Waals surface area (Å²) < 4.78 is 31.8. The molecule has 0 fully saturated rings. The van der Waals surface area contributed by atoms with Crippen LogP contribution in [0.2, 0.25) is 0 Å². The number of hydrogen-bond acceptors (Lipinski definition) is 4. The number of nitrogens with zero attached hydrogens (tertiary/aromatic N) is 1. The van der Waals surface area contributed by atoms with E-state index in [9.17, 15) is 18.4 Å². The number of aromatic nitrogens is 2. The summed E-state index contributed by atoms with van der Waals surface area (Å²) in [6.07, 6.45) is 2.81. The second kappa shape index (κ2) is 7.77. The van der Waals surface area contributed by atoms with E-state index in [0.29, 0.717) is 11.3 Å². The smallest absolute Gasteiger partial charge is 0.257 e. The van der Waals surface area contributed by atoms with Gasteiger partial charge in [-0.25, -0.2) is 13.8 Å². The standard InChI is InChI=1S/C19H15F2N3O3/c1-11-7-17(25)14(10-23-11)18(26)24-9-12-3-2-6-22-19(12)27-13-4-5-15(20)16(21)8-13/h2-8,10H,9H2,1H3,(H,23,25)(H,24,26). The summed E-state index contributed by atoms with van der Waals surface area (Å²) in [5, 5.41) is 2.61. The molecule has 3 rings (SSSR count). The number of aromatic amines is 1. The minimum absolute atomic E-state index is 0.0208. The molecule has 0 aliphatic rings. The van der Waals surface area contributed by atoms with Gasteiger partial charge in [-0.3, -0.25) is 9.59 Å². The zero-order valence-corrected chi connectivity index (χ0v) is 14.3. The van der Waals surface area contributed by atoms with Crippen molar-refractivity contribution in [2.75, 3.05) is 0 Å². The average Bonchev–Trinajstić information content (AvgIpc) is 2.64. The van der Waals surface area contributed by atoms with Gasteiger partial charge < -0.3 is 15.0 Å². The maximum atomic E-state index is 13.3. The number of aryl methyl sites for hydroxylation is 1. The number of amides is 1. The van der Waals surface area contributed by atoms with E-state index < -0.39 is 23.0 Å². The summed E-state index contributed by atoms with van der Waals surface area (Å²) >= 11 is 0. The Morgan fingerprint density at radius 2 is 2.04 bits per heavy atom. The van der Waals surface area contributed by atoms with Crippen molar-refractivity contribution in [2.45, 2.75) is 13.5 Å². The number of benzene rings is 1. The molecule has 27 heavy (non-hydrogen) atoms. The molecule has 0 atom stereocenters. The van der Waals surface area contributed by atoms with Crippen LogP contribution in [-0.2, 0) is 6.54 Å². The zero-order valence-electron chi connectivity index (χ0n) is 14.3. The van der Waals surface area contributed by atoms with Gasteiger partial charge in [-0.05, 0) is 25.1 Å². The third-order valence-electron chi connectivity index (χ3n) is 3.70. The molecule has 138 valence electrons. The van der Waals surface area contributed by atoms with Crippen molar-refractivity contribution < 1.29 is 18.3 Å². The van der Waals surface area contributed by atoms with Crippen molar-refractivity contribution in [1.29, 1.82) is 0 Å². The van der Waals surface area contributed by atoms with Gasteiger partial charge in [-0.15, -0.1) is 0 Å². The first kappa shape index (κ1) is 18.2. The van der Waals surface area contributed by atoms with Gasteiger partial charge in [0.15, 0.2) is 17.1 Å². The average molecular weight is 371 g/mol. The fraction of sp³-hybridized carbons (Fsp3) is 0.105. The van der Waals surface area contributed by atoms with Crippen LogP contribution in [0.4, 0.5) is 8.78 Å². The number of hydrogen-bond donors (Lipinski definition) is 2. The number of H-pyrrole nitrogens is 1. The lowest BCUT2D eigenvalue weighted by Gasteiger charge is -2.11. The molecule has 2 aromatic heterocycles. The van der Waals surface area contributed by atoms with Crippen molar-refractivity contribution in [3.05, 3.63) is 87.5 Å². The van der Waals surface area contributed by atoms with E-state index in [1.54, 1.807) is 19.1 Å². The van der Waals surface area contributed by atoms with E-state index >= 15 is 0 Å². The number of carbonyl (C=O) groups is 1. The lowest BCUT2D eigenvalue weighted by atomic mass is 10.2. The van der Waals surface area contributed by atoms with Crippen molar-refractivity contribution in [3.8, 4) is 11.6 Å². The summed E-state index contributed by atoms with van der Waals surface area (Å²) in [5.74, 6) is -2.40. The van der Waals surface area contributed by atoms with Gasteiger partial charge in [0, 0.05) is 42.3 Å². The van der Waals surface area contributed by atoms with Crippen LogP contribution in [0.15, 0.2) is 53.6 Å². The Bertz CT molecular complexity index is 1050. The Kier molecular flexibility index (Phi) is 5.25. The first-order valence-corrected chi connectivity index (χ1v) is 7.98. The molecule has 0 saturated carbocycles.